The van der Waals surface area contributed by atoms with Crippen LogP contribution in [0.4, 0.5) is 0 Å². The summed E-state index contributed by atoms with van der Waals surface area (Å²) in [5.41, 5.74) is 2.52. The van der Waals surface area contributed by atoms with Crippen LogP contribution in [0.25, 0.3) is 0 Å². The molecule has 0 heterocycles. The molecule has 1 rings (SSSR count). The molecule has 0 aliphatic rings. The van der Waals surface area contributed by atoms with Gasteiger partial charge in [0.25, 0.3) is 0 Å². The van der Waals surface area contributed by atoms with Gasteiger partial charge in [0, 0.05) is 20.0 Å². The number of hydrogen-bond donors (Lipinski definition) is 3. The van der Waals surface area contributed by atoms with Crippen LogP contribution < -0.4 is 0 Å². The molecule has 0 aliphatic heterocycles. The highest BCUT2D eigenvalue weighted by molar-refractivity contribution is 5.80. The lowest BCUT2D eigenvalue weighted by Crippen LogP contribution is -2.28. The number of aliphatic hydroxyl groups excluding tert-OH is 2. The molecular formula is C16H23NO5. The third-order valence-electron chi connectivity index (χ3n) is 3.41. The fraction of sp³-hybridized carbons (Fsp3) is 0.500. The fourth-order valence-corrected chi connectivity index (χ4v) is 2.22. The Bertz CT molecular complexity index is 493. The minimum atomic E-state index is -0.973. The van der Waals surface area contributed by atoms with Gasteiger partial charge in [0.2, 0.25) is 5.91 Å². The third kappa shape index (κ3) is 6.24. The van der Waals surface area contributed by atoms with Crippen molar-refractivity contribution in [3.63, 3.8) is 0 Å². The summed E-state index contributed by atoms with van der Waals surface area (Å²) in [6.45, 7) is 0.388. The Hall–Kier alpha value is -1.92. The molecule has 0 saturated carbocycles. The van der Waals surface area contributed by atoms with E-state index in [0.717, 1.165) is 29.5 Å². The lowest BCUT2D eigenvalue weighted by molar-refractivity contribution is -0.140. The second kappa shape index (κ2) is 9.17. The molecule has 0 aromatic heterocycles. The third-order valence-corrected chi connectivity index (χ3v) is 3.41. The van der Waals surface area contributed by atoms with E-state index < -0.39 is 5.97 Å². The fourth-order valence-electron chi connectivity index (χ4n) is 2.22. The normalized spacial score (nSPS) is 10.5. The van der Waals surface area contributed by atoms with Crippen molar-refractivity contribution in [3.05, 3.63) is 34.9 Å². The Labute approximate surface area is 130 Å². The Balaban J connectivity index is 2.46. The van der Waals surface area contributed by atoms with Gasteiger partial charge in [0.05, 0.1) is 19.6 Å². The van der Waals surface area contributed by atoms with Crippen molar-refractivity contribution in [1.29, 1.82) is 0 Å². The predicted octanol–water partition coefficient (Wildman–Crippen LogP) is 0.927. The van der Waals surface area contributed by atoms with Crippen LogP contribution in [-0.2, 0) is 29.2 Å². The van der Waals surface area contributed by atoms with Crippen molar-refractivity contribution in [2.75, 3.05) is 13.6 Å². The van der Waals surface area contributed by atoms with Crippen molar-refractivity contribution in [2.45, 2.75) is 38.9 Å². The van der Waals surface area contributed by atoms with Gasteiger partial charge in [-0.1, -0.05) is 18.2 Å². The number of aliphatic hydroxyl groups is 2. The van der Waals surface area contributed by atoms with Crippen molar-refractivity contribution in [3.8, 4) is 0 Å². The van der Waals surface area contributed by atoms with Crippen LogP contribution in [-0.4, -0.2) is 45.7 Å². The van der Waals surface area contributed by atoms with Gasteiger partial charge >= 0.3 is 5.97 Å². The zero-order valence-corrected chi connectivity index (χ0v) is 12.8. The second-order valence-electron chi connectivity index (χ2n) is 5.29. The standard InChI is InChI=1S/C16H23NO5/c1-17(15(20)4-5-16(21)22)6-2-3-12-7-13(10-18)9-14(8-12)11-19/h7-9,18-19H,2-6,10-11H2,1H3,(H,21,22). The minimum Gasteiger partial charge on any atom is -0.481 e. The molecule has 122 valence electrons. The maximum Gasteiger partial charge on any atom is 0.303 e. The van der Waals surface area contributed by atoms with E-state index in [1.807, 2.05) is 12.1 Å². The van der Waals surface area contributed by atoms with E-state index >= 15 is 0 Å². The zero-order chi connectivity index (χ0) is 16.5. The van der Waals surface area contributed by atoms with Crippen LogP contribution in [0.1, 0.15) is 36.0 Å². The number of aryl methyl sites for hydroxylation is 1. The number of benzene rings is 1. The Morgan fingerprint density at radius 3 is 2.05 bits per heavy atom. The first kappa shape index (κ1) is 18.1. The average molecular weight is 309 g/mol. The van der Waals surface area contributed by atoms with Crippen LogP contribution in [0.3, 0.4) is 0 Å². The molecule has 1 amide bonds. The van der Waals surface area contributed by atoms with Gasteiger partial charge in [0.15, 0.2) is 0 Å². The van der Waals surface area contributed by atoms with E-state index in [1.165, 1.54) is 4.90 Å². The first-order valence-electron chi connectivity index (χ1n) is 7.25. The predicted molar refractivity (Wildman–Crippen MR) is 81.1 cm³/mol. The van der Waals surface area contributed by atoms with Crippen LogP contribution in [0.2, 0.25) is 0 Å². The highest BCUT2D eigenvalue weighted by Gasteiger charge is 2.10. The number of hydrogen-bond acceptors (Lipinski definition) is 4. The maximum absolute atomic E-state index is 11.7. The Morgan fingerprint density at radius 2 is 1.55 bits per heavy atom. The molecular weight excluding hydrogens is 286 g/mol. The summed E-state index contributed by atoms with van der Waals surface area (Å²) in [6.07, 6.45) is 1.31. The Kier molecular flexibility index (Phi) is 7.56. The monoisotopic (exact) mass is 309 g/mol. The van der Waals surface area contributed by atoms with E-state index in [4.69, 9.17) is 5.11 Å². The SMILES string of the molecule is CN(CCCc1cc(CO)cc(CO)c1)C(=O)CCC(=O)O. The zero-order valence-electron chi connectivity index (χ0n) is 12.8. The molecule has 0 saturated heterocycles. The molecule has 0 aliphatic carbocycles. The molecule has 0 fully saturated rings. The summed E-state index contributed by atoms with van der Waals surface area (Å²) in [5, 5.41) is 26.9. The molecule has 0 bridgehead atoms. The average Bonchev–Trinajstić information content (AvgIpc) is 2.51. The molecule has 1 aromatic rings. The highest BCUT2D eigenvalue weighted by atomic mass is 16.4. The van der Waals surface area contributed by atoms with Gasteiger partial charge in [-0.05, 0) is 29.5 Å². The number of carbonyl (C=O) groups is 2. The van der Waals surface area contributed by atoms with E-state index in [0.29, 0.717) is 6.54 Å². The van der Waals surface area contributed by atoms with E-state index in [2.05, 4.69) is 0 Å². The first-order chi connectivity index (χ1) is 10.5. The molecule has 0 atom stereocenters. The summed E-state index contributed by atoms with van der Waals surface area (Å²) in [6, 6.07) is 5.52. The van der Waals surface area contributed by atoms with Gasteiger partial charge < -0.3 is 20.2 Å². The number of carboxylic acid groups (broad SMARTS) is 1. The summed E-state index contributed by atoms with van der Waals surface area (Å²) in [7, 11) is 1.66. The number of aliphatic carboxylic acids is 1. The van der Waals surface area contributed by atoms with Gasteiger partial charge in [-0.15, -0.1) is 0 Å². The Morgan fingerprint density at radius 1 is 1.00 bits per heavy atom. The van der Waals surface area contributed by atoms with Crippen molar-refractivity contribution in [1.82, 2.24) is 4.90 Å². The molecule has 1 aromatic carbocycles. The molecule has 0 spiro atoms. The molecule has 6 nitrogen and oxygen atoms in total. The smallest absolute Gasteiger partial charge is 0.303 e. The number of carboxylic acids is 1. The topological polar surface area (TPSA) is 98.1 Å². The quantitative estimate of drug-likeness (QED) is 0.630. The highest BCUT2D eigenvalue weighted by Crippen LogP contribution is 2.13. The van der Waals surface area contributed by atoms with Gasteiger partial charge in [0.1, 0.15) is 0 Å². The van der Waals surface area contributed by atoms with Crippen LogP contribution in [0.15, 0.2) is 18.2 Å². The number of carbonyl (C=O) groups excluding carboxylic acids is 1. The number of rotatable bonds is 9. The van der Waals surface area contributed by atoms with Gasteiger partial charge in [-0.3, -0.25) is 9.59 Å². The molecule has 6 heteroatoms. The lowest BCUT2D eigenvalue weighted by atomic mass is 10.0. The number of amides is 1. The largest absolute Gasteiger partial charge is 0.481 e. The van der Waals surface area contributed by atoms with Crippen molar-refractivity contribution >= 4 is 11.9 Å². The summed E-state index contributed by atoms with van der Waals surface area (Å²) < 4.78 is 0. The summed E-state index contributed by atoms with van der Waals surface area (Å²) in [4.78, 5) is 23.7. The van der Waals surface area contributed by atoms with Crippen LogP contribution in [0, 0.1) is 0 Å². The maximum atomic E-state index is 11.7. The van der Waals surface area contributed by atoms with E-state index in [1.54, 1.807) is 13.1 Å². The van der Waals surface area contributed by atoms with Gasteiger partial charge in [-0.2, -0.15) is 0 Å². The second-order valence-corrected chi connectivity index (χ2v) is 5.29. The van der Waals surface area contributed by atoms with Gasteiger partial charge in [-0.25, -0.2) is 0 Å². The number of nitrogens with zero attached hydrogens (tertiary/aromatic N) is 1. The summed E-state index contributed by atoms with van der Waals surface area (Å²) in [5.74, 6) is -1.15. The molecule has 3 N–H and O–H groups in total. The van der Waals surface area contributed by atoms with Crippen molar-refractivity contribution in [2.24, 2.45) is 0 Å². The van der Waals surface area contributed by atoms with Crippen LogP contribution >= 0.6 is 0 Å². The molecule has 0 unspecified atom stereocenters. The summed E-state index contributed by atoms with van der Waals surface area (Å²) >= 11 is 0. The minimum absolute atomic E-state index is 0.0144. The molecule has 22 heavy (non-hydrogen) atoms. The molecule has 0 radical (unpaired) electrons. The van der Waals surface area contributed by atoms with Crippen LogP contribution in [0.5, 0.6) is 0 Å². The van der Waals surface area contributed by atoms with E-state index in [-0.39, 0.29) is 32.0 Å². The van der Waals surface area contributed by atoms with Crippen molar-refractivity contribution < 1.29 is 24.9 Å². The van der Waals surface area contributed by atoms with E-state index in [9.17, 15) is 19.8 Å². The lowest BCUT2D eigenvalue weighted by Gasteiger charge is -2.17. The first-order valence-corrected chi connectivity index (χ1v) is 7.25.